The molecule has 0 saturated carbocycles. The molecule has 2 atom stereocenters. The number of anilines is 1. The average molecular weight is 326 g/mol. The molecule has 0 unspecified atom stereocenters. The van der Waals surface area contributed by atoms with Crippen LogP contribution in [0.1, 0.15) is 12.0 Å². The fourth-order valence-electron chi connectivity index (χ4n) is 2.27. The molecule has 2 rings (SSSR count). The summed E-state index contributed by atoms with van der Waals surface area (Å²) < 4.78 is 42.4. The van der Waals surface area contributed by atoms with E-state index < -0.39 is 29.9 Å². The first-order chi connectivity index (χ1) is 9.74. The number of hydrogen-bond donors (Lipinski definition) is 1. The van der Waals surface area contributed by atoms with Crippen molar-refractivity contribution in [3.8, 4) is 0 Å². The Labute approximate surface area is 123 Å². The van der Waals surface area contributed by atoms with E-state index in [1.165, 1.54) is 12.0 Å². The lowest BCUT2D eigenvalue weighted by Gasteiger charge is -2.17. The van der Waals surface area contributed by atoms with Crippen molar-refractivity contribution >= 4 is 23.4 Å². The number of nitrogens with one attached hydrogen (secondary N) is 1. The molecular weight excluding hydrogens is 313 g/mol. The Hall–Kier alpha value is -1.54. The molecule has 0 amide bonds. The summed E-state index contributed by atoms with van der Waals surface area (Å²) in [6, 6.07) is -0.0256. The first-order valence-corrected chi connectivity index (χ1v) is 6.42. The molecule has 1 aromatic heterocycles. The summed E-state index contributed by atoms with van der Waals surface area (Å²) >= 11 is 5.87. The van der Waals surface area contributed by atoms with Crippen molar-refractivity contribution in [2.75, 3.05) is 18.6 Å². The van der Waals surface area contributed by atoms with Crippen molar-refractivity contribution in [1.29, 1.82) is 0 Å². The first-order valence-electron chi connectivity index (χ1n) is 6.05. The first kappa shape index (κ1) is 15.8. The third-order valence-corrected chi connectivity index (χ3v) is 3.53. The summed E-state index contributed by atoms with van der Waals surface area (Å²) in [5.74, 6) is -0.451. The Morgan fingerprint density at radius 1 is 1.57 bits per heavy atom. The predicted octanol–water partition coefficient (Wildman–Crippen LogP) is 1.29. The zero-order chi connectivity index (χ0) is 15.8. The number of aromatic amines is 1. The van der Waals surface area contributed by atoms with Gasteiger partial charge in [-0.25, -0.2) is 14.7 Å². The molecule has 116 valence electrons. The third-order valence-electron chi connectivity index (χ3n) is 3.24. The predicted molar refractivity (Wildman–Crippen MR) is 66.8 cm³/mol. The van der Waals surface area contributed by atoms with Crippen molar-refractivity contribution in [3.05, 3.63) is 22.8 Å². The van der Waals surface area contributed by atoms with Gasteiger partial charge >= 0.3 is 12.1 Å². The minimum atomic E-state index is -4.52. The van der Waals surface area contributed by atoms with E-state index in [0.717, 1.165) is 12.3 Å². The van der Waals surface area contributed by atoms with Crippen LogP contribution in [-0.2, 0) is 15.7 Å². The number of alkyl halides is 3. The molecule has 0 aliphatic carbocycles. The highest BCUT2D eigenvalue weighted by atomic mass is 35.5. The molecule has 1 saturated heterocycles. The fraction of sp³-hybridized carbons (Fsp3) is 0.500. The normalized spacial score (nSPS) is 22.5. The number of rotatable bonds is 2. The van der Waals surface area contributed by atoms with E-state index in [9.17, 15) is 23.1 Å². The molecule has 2 heterocycles. The van der Waals surface area contributed by atoms with Crippen molar-refractivity contribution in [1.82, 2.24) is 0 Å². The smallest absolute Gasteiger partial charge is 0.419 e. The quantitative estimate of drug-likeness (QED) is 0.832. The monoisotopic (exact) mass is 325 g/mol. The van der Waals surface area contributed by atoms with E-state index in [2.05, 4.69) is 9.72 Å². The van der Waals surface area contributed by atoms with E-state index in [1.807, 2.05) is 0 Å². The lowest BCUT2D eigenvalue weighted by Crippen LogP contribution is -2.40. The maximum absolute atomic E-state index is 12.6. The average Bonchev–Trinajstić information content (AvgIpc) is 2.78. The number of halogens is 4. The molecule has 0 radical (unpaired) electrons. The van der Waals surface area contributed by atoms with Crippen LogP contribution in [0.15, 0.2) is 12.3 Å². The number of hydrogen-bond acceptors (Lipinski definition) is 4. The number of β-amino-alcohol motifs (C(OH)–C–C–N with tert-alkyl or cyclic N) is 1. The molecule has 1 aliphatic heterocycles. The highest BCUT2D eigenvalue weighted by Gasteiger charge is 2.44. The number of methoxy groups -OCH3 is 1. The maximum atomic E-state index is 12.6. The van der Waals surface area contributed by atoms with Gasteiger partial charge in [-0.1, -0.05) is 11.6 Å². The molecule has 21 heavy (non-hydrogen) atoms. The Balaban J connectivity index is 2.34. The zero-order valence-corrected chi connectivity index (χ0v) is 11.7. The standard InChI is InChI=1S/C12H12ClF3N2O3/c1-21-11(20)9-3-7(19)5-18(9)10-8(13)2-6(4-17-10)12(14,15)16/h2,4,7,9,19H,3,5H2,1H3/p+1/t7-,9+/m0/s1. The lowest BCUT2D eigenvalue weighted by atomic mass is 10.2. The number of carbonyl (C=O) groups excluding carboxylic acids is 1. The number of pyridine rings is 1. The number of H-pyrrole nitrogens is 1. The van der Waals surface area contributed by atoms with Crippen molar-refractivity contribution in [3.63, 3.8) is 0 Å². The van der Waals surface area contributed by atoms with Crippen LogP contribution in [0.4, 0.5) is 19.0 Å². The molecule has 0 spiro atoms. The van der Waals surface area contributed by atoms with Gasteiger partial charge in [-0.3, -0.25) is 0 Å². The molecule has 5 nitrogen and oxygen atoms in total. The fourth-order valence-corrected chi connectivity index (χ4v) is 2.55. The van der Waals surface area contributed by atoms with E-state index in [0.29, 0.717) is 0 Å². The van der Waals surface area contributed by atoms with Gasteiger partial charge in [-0.2, -0.15) is 13.2 Å². The van der Waals surface area contributed by atoms with Crippen LogP contribution in [0.5, 0.6) is 0 Å². The van der Waals surface area contributed by atoms with Crippen LogP contribution in [0, 0.1) is 0 Å². The maximum Gasteiger partial charge on any atom is 0.419 e. The van der Waals surface area contributed by atoms with Gasteiger partial charge in [0.1, 0.15) is 17.8 Å². The van der Waals surface area contributed by atoms with Gasteiger partial charge in [0, 0.05) is 6.42 Å². The van der Waals surface area contributed by atoms with Gasteiger partial charge in [0.2, 0.25) is 0 Å². The molecule has 0 aromatic carbocycles. The second-order valence-corrected chi connectivity index (χ2v) is 5.07. The summed E-state index contributed by atoms with van der Waals surface area (Å²) in [5.41, 5.74) is -0.925. The topological polar surface area (TPSA) is 63.9 Å². The van der Waals surface area contributed by atoms with Gasteiger partial charge in [0.05, 0.1) is 18.8 Å². The Morgan fingerprint density at radius 2 is 2.24 bits per heavy atom. The Bertz CT molecular complexity index is 553. The Morgan fingerprint density at radius 3 is 2.76 bits per heavy atom. The van der Waals surface area contributed by atoms with Crippen LogP contribution in [0.25, 0.3) is 0 Å². The number of aliphatic hydroxyl groups excluding tert-OH is 1. The summed E-state index contributed by atoms with van der Waals surface area (Å²) in [5, 5.41) is 9.48. The highest BCUT2D eigenvalue weighted by Crippen LogP contribution is 2.34. The molecular formula is C12H13ClF3N2O3+. The number of carbonyl (C=O) groups is 1. The van der Waals surface area contributed by atoms with Gasteiger partial charge in [-0.15, -0.1) is 0 Å². The van der Waals surface area contributed by atoms with E-state index >= 15 is 0 Å². The number of esters is 1. The lowest BCUT2D eigenvalue weighted by molar-refractivity contribution is -0.367. The van der Waals surface area contributed by atoms with Gasteiger partial charge in [0.25, 0.3) is 5.82 Å². The molecule has 9 heteroatoms. The van der Waals surface area contributed by atoms with Crippen molar-refractivity contribution in [2.24, 2.45) is 0 Å². The molecule has 1 aliphatic rings. The Kier molecular flexibility index (Phi) is 4.29. The summed E-state index contributed by atoms with van der Waals surface area (Å²) in [7, 11) is 1.20. The van der Waals surface area contributed by atoms with Gasteiger partial charge < -0.3 is 9.84 Å². The number of aromatic nitrogens is 1. The number of aliphatic hydroxyl groups is 1. The molecule has 1 aromatic rings. The van der Waals surface area contributed by atoms with E-state index in [1.54, 1.807) is 0 Å². The van der Waals surface area contributed by atoms with Crippen LogP contribution in [0.3, 0.4) is 0 Å². The highest BCUT2D eigenvalue weighted by molar-refractivity contribution is 6.32. The van der Waals surface area contributed by atoms with Crippen LogP contribution in [-0.4, -0.2) is 36.9 Å². The van der Waals surface area contributed by atoms with E-state index in [-0.39, 0.29) is 23.8 Å². The summed E-state index contributed by atoms with van der Waals surface area (Å²) in [6.45, 7) is 0.0708. The van der Waals surface area contributed by atoms with Crippen LogP contribution in [0.2, 0.25) is 5.02 Å². The van der Waals surface area contributed by atoms with Crippen LogP contribution >= 0.6 is 11.6 Å². The van der Waals surface area contributed by atoms with Crippen LogP contribution < -0.4 is 9.88 Å². The molecule has 1 fully saturated rings. The van der Waals surface area contributed by atoms with Crippen molar-refractivity contribution < 1.29 is 32.8 Å². The minimum Gasteiger partial charge on any atom is -0.466 e. The molecule has 0 bridgehead atoms. The van der Waals surface area contributed by atoms with Gasteiger partial charge in [0.15, 0.2) is 6.04 Å². The number of ether oxygens (including phenoxy) is 1. The summed E-state index contributed by atoms with van der Waals surface area (Å²) in [6.07, 6.45) is -4.43. The SMILES string of the molecule is COC(=O)[C@H]1C[C@H](O)CN1c1[nH+]cc(C(F)(F)F)cc1Cl. The van der Waals surface area contributed by atoms with Crippen molar-refractivity contribution in [2.45, 2.75) is 24.7 Å². The number of nitrogens with zero attached hydrogens (tertiary/aromatic N) is 1. The second-order valence-electron chi connectivity index (χ2n) is 4.66. The largest absolute Gasteiger partial charge is 0.466 e. The minimum absolute atomic E-state index is 0.0708. The molecule has 2 N–H and O–H groups in total. The second kappa shape index (κ2) is 5.69. The van der Waals surface area contributed by atoms with Gasteiger partial charge in [-0.05, 0) is 6.07 Å². The third kappa shape index (κ3) is 3.21. The zero-order valence-electron chi connectivity index (χ0n) is 10.9. The van der Waals surface area contributed by atoms with E-state index in [4.69, 9.17) is 11.6 Å². The summed E-state index contributed by atoms with van der Waals surface area (Å²) in [4.78, 5) is 15.5.